The predicted octanol–water partition coefficient (Wildman–Crippen LogP) is 2.62. The zero-order valence-electron chi connectivity index (χ0n) is 11.4. The van der Waals surface area contributed by atoms with Crippen molar-refractivity contribution < 1.29 is 8.91 Å². The minimum absolute atomic E-state index is 0.0595. The standard InChI is InChI=1S/C14H16ClFN4O/c15-10-4-3-9(7-11(10)16)14-18-13(19-21-14)12(17)8-20-5-1-2-6-20/h3-4,7,12H,1-2,5-6,8,17H2. The van der Waals surface area contributed by atoms with Crippen molar-refractivity contribution in [2.75, 3.05) is 19.6 Å². The van der Waals surface area contributed by atoms with Crippen LogP contribution in [0.1, 0.15) is 24.7 Å². The van der Waals surface area contributed by atoms with Crippen LogP contribution in [-0.4, -0.2) is 34.7 Å². The molecule has 0 saturated carbocycles. The first-order valence-electron chi connectivity index (χ1n) is 6.90. The lowest BCUT2D eigenvalue weighted by Gasteiger charge is -2.17. The molecule has 0 radical (unpaired) electrons. The number of likely N-dealkylation sites (tertiary alicyclic amines) is 1. The molecule has 1 aromatic carbocycles. The molecule has 0 spiro atoms. The van der Waals surface area contributed by atoms with Crippen molar-refractivity contribution in [2.45, 2.75) is 18.9 Å². The third-order valence-corrected chi connectivity index (χ3v) is 3.90. The number of aromatic nitrogens is 2. The Morgan fingerprint density at radius 3 is 2.86 bits per heavy atom. The lowest BCUT2D eigenvalue weighted by molar-refractivity contribution is 0.306. The maximum Gasteiger partial charge on any atom is 0.258 e. The van der Waals surface area contributed by atoms with Gasteiger partial charge >= 0.3 is 0 Å². The number of hydrogen-bond donors (Lipinski definition) is 1. The van der Waals surface area contributed by atoms with Gasteiger partial charge in [-0.05, 0) is 44.1 Å². The van der Waals surface area contributed by atoms with E-state index in [4.69, 9.17) is 21.9 Å². The van der Waals surface area contributed by atoms with Crippen LogP contribution in [0.2, 0.25) is 5.02 Å². The molecule has 1 aliphatic rings. The smallest absolute Gasteiger partial charge is 0.258 e. The normalized spacial score (nSPS) is 17.3. The zero-order chi connectivity index (χ0) is 14.8. The Morgan fingerprint density at radius 1 is 1.38 bits per heavy atom. The van der Waals surface area contributed by atoms with Crippen molar-refractivity contribution in [3.63, 3.8) is 0 Å². The van der Waals surface area contributed by atoms with Gasteiger partial charge in [0.1, 0.15) is 5.82 Å². The molecule has 1 aromatic heterocycles. The first kappa shape index (κ1) is 14.4. The van der Waals surface area contributed by atoms with E-state index >= 15 is 0 Å². The molecule has 112 valence electrons. The van der Waals surface area contributed by atoms with Gasteiger partial charge in [-0.25, -0.2) is 4.39 Å². The van der Waals surface area contributed by atoms with Gasteiger partial charge in [0.25, 0.3) is 5.89 Å². The van der Waals surface area contributed by atoms with Gasteiger partial charge in [0, 0.05) is 12.1 Å². The third kappa shape index (κ3) is 3.23. The Bertz CT molecular complexity index is 627. The average Bonchev–Trinajstić information content (AvgIpc) is 3.12. The number of hydrogen-bond acceptors (Lipinski definition) is 5. The molecule has 1 aliphatic heterocycles. The Balaban J connectivity index is 1.74. The van der Waals surface area contributed by atoms with Crippen LogP contribution in [0.4, 0.5) is 4.39 Å². The summed E-state index contributed by atoms with van der Waals surface area (Å²) in [5, 5.41) is 3.95. The Kier molecular flexibility index (Phi) is 4.19. The fourth-order valence-corrected chi connectivity index (χ4v) is 2.57. The monoisotopic (exact) mass is 310 g/mol. The fraction of sp³-hybridized carbons (Fsp3) is 0.429. The van der Waals surface area contributed by atoms with Crippen LogP contribution in [0.3, 0.4) is 0 Å². The summed E-state index contributed by atoms with van der Waals surface area (Å²) in [6.45, 7) is 2.82. The van der Waals surface area contributed by atoms with E-state index in [1.807, 2.05) is 0 Å². The van der Waals surface area contributed by atoms with Gasteiger partial charge < -0.3 is 15.2 Å². The van der Waals surface area contributed by atoms with Crippen molar-refractivity contribution in [1.29, 1.82) is 0 Å². The molecule has 1 unspecified atom stereocenters. The molecule has 5 nitrogen and oxygen atoms in total. The molecule has 3 rings (SSSR count). The maximum absolute atomic E-state index is 13.4. The summed E-state index contributed by atoms with van der Waals surface area (Å²) < 4.78 is 18.6. The van der Waals surface area contributed by atoms with Crippen molar-refractivity contribution in [3.05, 3.63) is 34.9 Å². The third-order valence-electron chi connectivity index (χ3n) is 3.59. The van der Waals surface area contributed by atoms with Crippen LogP contribution in [-0.2, 0) is 0 Å². The second-order valence-electron chi connectivity index (χ2n) is 5.20. The van der Waals surface area contributed by atoms with Crippen molar-refractivity contribution in [2.24, 2.45) is 5.73 Å². The Labute approximate surface area is 126 Å². The molecule has 2 aromatic rings. The van der Waals surface area contributed by atoms with E-state index in [1.54, 1.807) is 6.07 Å². The molecule has 0 amide bonds. The molecule has 21 heavy (non-hydrogen) atoms. The molecule has 2 heterocycles. The van der Waals surface area contributed by atoms with E-state index in [9.17, 15) is 4.39 Å². The Morgan fingerprint density at radius 2 is 2.14 bits per heavy atom. The van der Waals surface area contributed by atoms with Crippen LogP contribution in [0.15, 0.2) is 22.7 Å². The van der Waals surface area contributed by atoms with E-state index in [1.165, 1.54) is 25.0 Å². The van der Waals surface area contributed by atoms with Crippen LogP contribution in [0.5, 0.6) is 0 Å². The molecule has 2 N–H and O–H groups in total. The van der Waals surface area contributed by atoms with Crippen LogP contribution in [0.25, 0.3) is 11.5 Å². The van der Waals surface area contributed by atoms with Crippen LogP contribution >= 0.6 is 11.6 Å². The molecular weight excluding hydrogens is 295 g/mol. The number of benzene rings is 1. The fourth-order valence-electron chi connectivity index (χ4n) is 2.46. The van der Waals surface area contributed by atoms with Gasteiger partial charge in [0.05, 0.1) is 11.1 Å². The number of halogens is 2. The summed E-state index contributed by atoms with van der Waals surface area (Å²) in [5.74, 6) is 0.167. The van der Waals surface area contributed by atoms with E-state index < -0.39 is 5.82 Å². The summed E-state index contributed by atoms with van der Waals surface area (Å²) in [6.07, 6.45) is 2.41. The summed E-state index contributed by atoms with van der Waals surface area (Å²) in [5.41, 5.74) is 6.59. The summed E-state index contributed by atoms with van der Waals surface area (Å²) in [7, 11) is 0. The highest BCUT2D eigenvalue weighted by molar-refractivity contribution is 6.30. The van der Waals surface area contributed by atoms with Crippen molar-refractivity contribution in [3.8, 4) is 11.5 Å². The van der Waals surface area contributed by atoms with Crippen LogP contribution < -0.4 is 5.73 Å². The summed E-state index contributed by atoms with van der Waals surface area (Å²) in [4.78, 5) is 6.53. The molecule has 7 heteroatoms. The van der Waals surface area contributed by atoms with Crippen LogP contribution in [0, 0.1) is 5.82 Å². The highest BCUT2D eigenvalue weighted by atomic mass is 35.5. The first-order valence-corrected chi connectivity index (χ1v) is 7.28. The molecule has 1 fully saturated rings. The lowest BCUT2D eigenvalue weighted by atomic mass is 10.2. The van der Waals surface area contributed by atoms with Gasteiger partial charge in [-0.15, -0.1) is 0 Å². The van der Waals surface area contributed by atoms with Crippen molar-refractivity contribution >= 4 is 11.6 Å². The lowest BCUT2D eigenvalue weighted by Crippen LogP contribution is -2.30. The first-order chi connectivity index (χ1) is 10.1. The average molecular weight is 311 g/mol. The van der Waals surface area contributed by atoms with Gasteiger partial charge in [0.15, 0.2) is 5.82 Å². The number of nitrogens with zero attached hydrogens (tertiary/aromatic N) is 3. The van der Waals surface area contributed by atoms with E-state index in [0.717, 1.165) is 13.1 Å². The SMILES string of the molecule is NC(CN1CCCC1)c1noc(-c2ccc(Cl)c(F)c2)n1. The quantitative estimate of drug-likeness (QED) is 0.940. The van der Waals surface area contributed by atoms with Gasteiger partial charge in [-0.1, -0.05) is 16.8 Å². The minimum atomic E-state index is -0.518. The largest absolute Gasteiger partial charge is 0.334 e. The van der Waals surface area contributed by atoms with Crippen molar-refractivity contribution in [1.82, 2.24) is 15.0 Å². The van der Waals surface area contributed by atoms with E-state index in [0.29, 0.717) is 17.9 Å². The second-order valence-corrected chi connectivity index (χ2v) is 5.61. The minimum Gasteiger partial charge on any atom is -0.334 e. The predicted molar refractivity (Wildman–Crippen MR) is 77.3 cm³/mol. The highest BCUT2D eigenvalue weighted by Crippen LogP contribution is 2.24. The Hall–Kier alpha value is -1.50. The highest BCUT2D eigenvalue weighted by Gasteiger charge is 2.20. The number of nitrogens with two attached hydrogens (primary N) is 1. The van der Waals surface area contributed by atoms with Gasteiger partial charge in [0.2, 0.25) is 0 Å². The molecule has 0 bridgehead atoms. The maximum atomic E-state index is 13.4. The molecule has 1 atom stereocenters. The van der Waals surface area contributed by atoms with E-state index in [2.05, 4.69) is 15.0 Å². The summed E-state index contributed by atoms with van der Waals surface area (Å²) in [6, 6.07) is 4.05. The van der Waals surface area contributed by atoms with Gasteiger partial charge in [-0.3, -0.25) is 0 Å². The summed E-state index contributed by atoms with van der Waals surface area (Å²) >= 11 is 5.65. The number of rotatable bonds is 4. The van der Waals surface area contributed by atoms with E-state index in [-0.39, 0.29) is 17.0 Å². The second kappa shape index (κ2) is 6.09. The molecular formula is C14H16ClFN4O. The molecule has 1 saturated heterocycles. The molecule has 0 aliphatic carbocycles. The zero-order valence-corrected chi connectivity index (χ0v) is 12.2. The topological polar surface area (TPSA) is 68.2 Å². The van der Waals surface area contributed by atoms with Gasteiger partial charge in [-0.2, -0.15) is 4.98 Å².